The van der Waals surface area contributed by atoms with Gasteiger partial charge < -0.3 is 15.5 Å². The molecule has 0 saturated heterocycles. The number of thiophene rings is 1. The SMILES string of the molecule is C[C@@H]1CCc2c(sc(NC(=S)NC(=O)c3cc4ccccc4o3)c2C(N)=O)C1. The van der Waals surface area contributed by atoms with Crippen LogP contribution in [0.3, 0.4) is 0 Å². The van der Waals surface area contributed by atoms with Crippen molar-refractivity contribution in [3.8, 4) is 0 Å². The van der Waals surface area contributed by atoms with E-state index in [0.717, 1.165) is 35.1 Å². The largest absolute Gasteiger partial charge is 0.451 e. The highest BCUT2D eigenvalue weighted by atomic mass is 32.1. The number of nitrogens with two attached hydrogens (primary N) is 1. The van der Waals surface area contributed by atoms with Gasteiger partial charge in [0.25, 0.3) is 11.8 Å². The monoisotopic (exact) mass is 413 g/mol. The highest BCUT2D eigenvalue weighted by Crippen LogP contribution is 2.39. The highest BCUT2D eigenvalue weighted by molar-refractivity contribution is 7.80. The molecular formula is C20H19N3O3S2. The number of carbonyl (C=O) groups excluding carboxylic acids is 2. The van der Waals surface area contributed by atoms with Gasteiger partial charge in [-0.25, -0.2) is 0 Å². The number of primary amides is 1. The van der Waals surface area contributed by atoms with Crippen LogP contribution in [0.15, 0.2) is 34.7 Å². The lowest BCUT2D eigenvalue weighted by Gasteiger charge is -2.18. The van der Waals surface area contributed by atoms with Gasteiger partial charge >= 0.3 is 0 Å². The summed E-state index contributed by atoms with van der Waals surface area (Å²) in [5, 5.41) is 7.09. The maximum absolute atomic E-state index is 12.5. The van der Waals surface area contributed by atoms with E-state index >= 15 is 0 Å². The van der Waals surface area contributed by atoms with Crippen LogP contribution in [0.4, 0.5) is 5.00 Å². The standard InChI is InChI=1S/C20H19N3O3S2/c1-10-6-7-12-15(8-10)28-19(16(12)17(21)24)23-20(27)22-18(25)14-9-11-4-2-3-5-13(11)26-14/h2-5,9-10H,6-8H2,1H3,(H2,21,24)(H2,22,23,25,27)/t10-/m1/s1. The molecule has 1 aliphatic rings. The van der Waals surface area contributed by atoms with Crippen LogP contribution in [0.1, 0.15) is 44.7 Å². The van der Waals surface area contributed by atoms with Crippen LogP contribution in [-0.4, -0.2) is 16.9 Å². The summed E-state index contributed by atoms with van der Waals surface area (Å²) in [6, 6.07) is 9.02. The molecule has 6 nitrogen and oxygen atoms in total. The van der Waals surface area contributed by atoms with Crippen molar-refractivity contribution >= 4 is 56.5 Å². The molecule has 3 aromatic rings. The van der Waals surface area contributed by atoms with Gasteiger partial charge in [0, 0.05) is 10.3 Å². The molecule has 2 aromatic heterocycles. The van der Waals surface area contributed by atoms with Crippen molar-refractivity contribution in [2.45, 2.75) is 26.2 Å². The first-order chi connectivity index (χ1) is 13.4. The van der Waals surface area contributed by atoms with Gasteiger partial charge in [-0.05, 0) is 55.1 Å². The van der Waals surface area contributed by atoms with E-state index in [-0.39, 0.29) is 10.9 Å². The van der Waals surface area contributed by atoms with E-state index in [2.05, 4.69) is 17.6 Å². The fourth-order valence-electron chi connectivity index (χ4n) is 3.49. The molecule has 4 N–H and O–H groups in total. The molecule has 0 radical (unpaired) electrons. The van der Waals surface area contributed by atoms with Crippen molar-refractivity contribution < 1.29 is 14.0 Å². The number of carbonyl (C=O) groups is 2. The Morgan fingerprint density at radius 3 is 2.86 bits per heavy atom. The van der Waals surface area contributed by atoms with Crippen LogP contribution in [-0.2, 0) is 12.8 Å². The summed E-state index contributed by atoms with van der Waals surface area (Å²) in [6.07, 6.45) is 2.77. The minimum Gasteiger partial charge on any atom is -0.451 e. The third-order valence-corrected chi connectivity index (χ3v) is 6.24. The summed E-state index contributed by atoms with van der Waals surface area (Å²) >= 11 is 6.75. The minimum atomic E-state index is -0.485. The van der Waals surface area contributed by atoms with Crippen molar-refractivity contribution in [3.63, 3.8) is 0 Å². The number of hydrogen-bond acceptors (Lipinski definition) is 5. The summed E-state index contributed by atoms with van der Waals surface area (Å²) in [5.41, 5.74) is 7.72. The zero-order valence-electron chi connectivity index (χ0n) is 15.2. The molecule has 0 spiro atoms. The Balaban J connectivity index is 1.52. The van der Waals surface area contributed by atoms with Gasteiger partial charge in [-0.2, -0.15) is 0 Å². The van der Waals surface area contributed by atoms with Crippen LogP contribution >= 0.6 is 23.6 Å². The summed E-state index contributed by atoms with van der Waals surface area (Å²) < 4.78 is 5.55. The molecule has 0 bridgehead atoms. The number of furan rings is 1. The zero-order valence-corrected chi connectivity index (χ0v) is 16.8. The van der Waals surface area contributed by atoms with Crippen LogP contribution in [0, 0.1) is 5.92 Å². The van der Waals surface area contributed by atoms with Gasteiger partial charge in [0.2, 0.25) is 0 Å². The number of fused-ring (bicyclic) bond motifs is 2. The second kappa shape index (κ2) is 7.37. The lowest BCUT2D eigenvalue weighted by Crippen LogP contribution is -2.34. The Labute approximate surface area is 171 Å². The molecule has 0 unspecified atom stereocenters. The second-order valence-electron chi connectivity index (χ2n) is 6.98. The molecule has 0 aliphatic heterocycles. The molecule has 28 heavy (non-hydrogen) atoms. The molecule has 1 atom stereocenters. The first kappa shape index (κ1) is 18.6. The van der Waals surface area contributed by atoms with Gasteiger partial charge in [0.05, 0.1) is 5.56 Å². The van der Waals surface area contributed by atoms with Crippen LogP contribution in [0.2, 0.25) is 0 Å². The van der Waals surface area contributed by atoms with E-state index in [1.54, 1.807) is 12.1 Å². The first-order valence-electron chi connectivity index (χ1n) is 8.97. The number of thiocarbonyl (C=S) groups is 1. The second-order valence-corrected chi connectivity index (χ2v) is 8.49. The van der Waals surface area contributed by atoms with E-state index < -0.39 is 11.8 Å². The number of amides is 2. The van der Waals surface area contributed by atoms with Crippen molar-refractivity contribution in [3.05, 3.63) is 52.1 Å². The van der Waals surface area contributed by atoms with Crippen LogP contribution in [0.5, 0.6) is 0 Å². The predicted molar refractivity (Wildman–Crippen MR) is 114 cm³/mol. The first-order valence-corrected chi connectivity index (χ1v) is 10.2. The number of benzene rings is 1. The minimum absolute atomic E-state index is 0.0969. The molecule has 2 heterocycles. The van der Waals surface area contributed by atoms with Crippen molar-refractivity contribution in [1.82, 2.24) is 5.32 Å². The number of nitrogens with one attached hydrogen (secondary N) is 2. The van der Waals surface area contributed by atoms with Gasteiger partial charge in [0.15, 0.2) is 10.9 Å². The Morgan fingerprint density at radius 2 is 2.11 bits per heavy atom. The summed E-state index contributed by atoms with van der Waals surface area (Å²) in [4.78, 5) is 25.6. The Bertz CT molecular complexity index is 1070. The molecular weight excluding hydrogens is 394 g/mol. The van der Waals surface area contributed by atoms with Gasteiger partial charge in [-0.3, -0.25) is 14.9 Å². The fraction of sp³-hybridized carbons (Fsp3) is 0.250. The fourth-order valence-corrected chi connectivity index (χ4v) is 5.17. The summed E-state index contributed by atoms with van der Waals surface area (Å²) in [5.74, 6) is -0.204. The Kier molecular flexibility index (Phi) is 4.91. The number of anilines is 1. The molecule has 0 saturated carbocycles. The average molecular weight is 414 g/mol. The van der Waals surface area contributed by atoms with Gasteiger partial charge in [-0.1, -0.05) is 25.1 Å². The third kappa shape index (κ3) is 3.53. The zero-order chi connectivity index (χ0) is 19.8. The van der Waals surface area contributed by atoms with E-state index in [0.29, 0.717) is 22.1 Å². The Morgan fingerprint density at radius 1 is 1.32 bits per heavy atom. The summed E-state index contributed by atoms with van der Waals surface area (Å²) in [7, 11) is 0. The number of rotatable bonds is 3. The predicted octanol–water partition coefficient (Wildman–Crippen LogP) is 3.84. The van der Waals surface area contributed by atoms with Crippen molar-refractivity contribution in [1.29, 1.82) is 0 Å². The molecule has 4 rings (SSSR count). The maximum Gasteiger partial charge on any atom is 0.293 e. The summed E-state index contributed by atoms with van der Waals surface area (Å²) in [6.45, 7) is 2.19. The average Bonchev–Trinajstić information content (AvgIpc) is 3.21. The normalized spacial score (nSPS) is 15.8. The van der Waals surface area contributed by atoms with Crippen molar-refractivity contribution in [2.24, 2.45) is 11.7 Å². The Hall–Kier alpha value is -2.71. The quantitative estimate of drug-likeness (QED) is 0.567. The van der Waals surface area contributed by atoms with Crippen LogP contribution < -0.4 is 16.4 Å². The highest BCUT2D eigenvalue weighted by Gasteiger charge is 2.27. The topological polar surface area (TPSA) is 97.4 Å². The lowest BCUT2D eigenvalue weighted by molar-refractivity contribution is 0.0952. The van der Waals surface area contributed by atoms with Crippen LogP contribution in [0.25, 0.3) is 11.0 Å². The van der Waals surface area contributed by atoms with Gasteiger partial charge in [0.1, 0.15) is 10.6 Å². The maximum atomic E-state index is 12.5. The lowest BCUT2D eigenvalue weighted by atomic mass is 9.88. The van der Waals surface area contributed by atoms with E-state index in [1.807, 2.05) is 18.2 Å². The van der Waals surface area contributed by atoms with Gasteiger partial charge in [-0.15, -0.1) is 11.3 Å². The van der Waals surface area contributed by atoms with E-state index in [9.17, 15) is 9.59 Å². The molecule has 0 fully saturated rings. The number of hydrogen-bond donors (Lipinski definition) is 3. The molecule has 8 heteroatoms. The molecule has 1 aromatic carbocycles. The molecule has 2 amide bonds. The van der Waals surface area contributed by atoms with E-state index in [4.69, 9.17) is 22.4 Å². The molecule has 1 aliphatic carbocycles. The molecule has 144 valence electrons. The van der Waals surface area contributed by atoms with Crippen molar-refractivity contribution in [2.75, 3.05) is 5.32 Å². The van der Waals surface area contributed by atoms with E-state index in [1.165, 1.54) is 11.3 Å². The third-order valence-electron chi connectivity index (χ3n) is 4.86. The number of para-hydroxylation sites is 1. The smallest absolute Gasteiger partial charge is 0.293 e.